The van der Waals surface area contributed by atoms with Crippen molar-refractivity contribution in [1.29, 1.82) is 0 Å². The molecule has 2 aromatic rings. The Labute approximate surface area is 129 Å². The van der Waals surface area contributed by atoms with Crippen LogP contribution in [0.25, 0.3) is 10.9 Å². The normalized spacial score (nSPS) is 16.4. The summed E-state index contributed by atoms with van der Waals surface area (Å²) < 4.78 is 0. The molecular formula is C17H19ClN2O. The predicted octanol–water partition coefficient (Wildman–Crippen LogP) is 4.15. The van der Waals surface area contributed by atoms with E-state index >= 15 is 0 Å². The molecule has 0 atom stereocenters. The Morgan fingerprint density at radius 2 is 2.05 bits per heavy atom. The highest BCUT2D eigenvalue weighted by Crippen LogP contribution is 2.25. The molecule has 0 unspecified atom stereocenters. The second kappa shape index (κ2) is 6.02. The summed E-state index contributed by atoms with van der Waals surface area (Å²) in [5.41, 5.74) is 1.23. The topological polar surface area (TPSA) is 33.2 Å². The number of halogens is 1. The summed E-state index contributed by atoms with van der Waals surface area (Å²) in [6.45, 7) is 3.86. The van der Waals surface area contributed by atoms with Gasteiger partial charge in [0.1, 0.15) is 5.69 Å². The van der Waals surface area contributed by atoms with Crippen LogP contribution in [0.15, 0.2) is 30.3 Å². The number of aromatic nitrogens is 1. The number of piperidine rings is 1. The van der Waals surface area contributed by atoms with Crippen LogP contribution in [0.1, 0.15) is 36.7 Å². The molecule has 1 fully saturated rings. The quantitative estimate of drug-likeness (QED) is 0.835. The molecule has 0 radical (unpaired) electrons. The SMILES string of the molecule is CCC1CCN(C(=O)c2cc(Cl)c3ccccc3n2)CC1. The molecule has 0 aliphatic carbocycles. The van der Waals surface area contributed by atoms with Crippen LogP contribution in [-0.4, -0.2) is 28.9 Å². The molecule has 1 aromatic heterocycles. The van der Waals surface area contributed by atoms with Crippen molar-refractivity contribution < 1.29 is 4.79 Å². The lowest BCUT2D eigenvalue weighted by Gasteiger charge is -2.31. The molecule has 1 saturated heterocycles. The van der Waals surface area contributed by atoms with Crippen molar-refractivity contribution in [2.45, 2.75) is 26.2 Å². The first-order valence-corrected chi connectivity index (χ1v) is 7.91. The van der Waals surface area contributed by atoms with Crippen LogP contribution >= 0.6 is 11.6 Å². The average molecular weight is 303 g/mol. The maximum Gasteiger partial charge on any atom is 0.272 e. The molecule has 1 aliphatic rings. The van der Waals surface area contributed by atoms with Gasteiger partial charge in [-0.25, -0.2) is 4.98 Å². The van der Waals surface area contributed by atoms with Crippen molar-refractivity contribution in [1.82, 2.24) is 9.88 Å². The molecule has 1 aliphatic heterocycles. The van der Waals surface area contributed by atoms with E-state index in [4.69, 9.17) is 11.6 Å². The lowest BCUT2D eigenvalue weighted by Crippen LogP contribution is -2.38. The highest BCUT2D eigenvalue weighted by atomic mass is 35.5. The third-order valence-electron chi connectivity index (χ3n) is 4.36. The molecule has 0 spiro atoms. The largest absolute Gasteiger partial charge is 0.337 e. The lowest BCUT2D eigenvalue weighted by molar-refractivity contribution is 0.0683. The number of carbonyl (C=O) groups is 1. The molecule has 0 saturated carbocycles. The predicted molar refractivity (Wildman–Crippen MR) is 85.7 cm³/mol. The fraction of sp³-hybridized carbons (Fsp3) is 0.412. The van der Waals surface area contributed by atoms with Gasteiger partial charge in [0.05, 0.1) is 10.5 Å². The van der Waals surface area contributed by atoms with Gasteiger partial charge in [0.25, 0.3) is 5.91 Å². The van der Waals surface area contributed by atoms with Crippen LogP contribution in [-0.2, 0) is 0 Å². The zero-order chi connectivity index (χ0) is 14.8. The number of para-hydroxylation sites is 1. The second-order valence-corrected chi connectivity index (χ2v) is 6.06. The van der Waals surface area contributed by atoms with Crippen LogP contribution in [0.2, 0.25) is 5.02 Å². The van der Waals surface area contributed by atoms with Gasteiger partial charge >= 0.3 is 0 Å². The number of carbonyl (C=O) groups excluding carboxylic acids is 1. The molecule has 4 heteroatoms. The fourth-order valence-electron chi connectivity index (χ4n) is 2.95. The number of amides is 1. The van der Waals surface area contributed by atoms with E-state index in [-0.39, 0.29) is 5.91 Å². The first-order valence-electron chi connectivity index (χ1n) is 7.53. The minimum atomic E-state index is -0.00259. The third-order valence-corrected chi connectivity index (χ3v) is 4.68. The fourth-order valence-corrected chi connectivity index (χ4v) is 3.21. The standard InChI is InChI=1S/C17H19ClN2O/c1-2-12-7-9-20(10-8-12)17(21)16-11-14(18)13-5-3-4-6-15(13)19-16/h3-6,11-12H,2,7-10H2,1H3. The Kier molecular flexibility index (Phi) is 4.11. The summed E-state index contributed by atoms with van der Waals surface area (Å²) in [7, 11) is 0. The number of benzene rings is 1. The van der Waals surface area contributed by atoms with Gasteiger partial charge in [-0.05, 0) is 30.9 Å². The summed E-state index contributed by atoms with van der Waals surface area (Å²) in [4.78, 5) is 19.0. The van der Waals surface area contributed by atoms with E-state index < -0.39 is 0 Å². The van der Waals surface area contributed by atoms with E-state index in [9.17, 15) is 4.79 Å². The van der Waals surface area contributed by atoms with Gasteiger partial charge in [-0.3, -0.25) is 4.79 Å². The van der Waals surface area contributed by atoms with E-state index in [1.807, 2.05) is 29.2 Å². The Hall–Kier alpha value is -1.61. The molecule has 3 nitrogen and oxygen atoms in total. The molecule has 0 bridgehead atoms. The first-order chi connectivity index (χ1) is 10.2. The number of nitrogens with zero attached hydrogens (tertiary/aromatic N) is 2. The molecule has 21 heavy (non-hydrogen) atoms. The zero-order valence-electron chi connectivity index (χ0n) is 12.2. The first kappa shape index (κ1) is 14.3. The summed E-state index contributed by atoms with van der Waals surface area (Å²) in [5.74, 6) is 0.749. The summed E-state index contributed by atoms with van der Waals surface area (Å²) >= 11 is 6.28. The zero-order valence-corrected chi connectivity index (χ0v) is 12.9. The molecule has 1 amide bonds. The molecule has 3 rings (SSSR count). The number of hydrogen-bond donors (Lipinski definition) is 0. The van der Waals surface area contributed by atoms with Gasteiger partial charge < -0.3 is 4.90 Å². The Morgan fingerprint density at radius 1 is 1.33 bits per heavy atom. The van der Waals surface area contributed by atoms with E-state index in [2.05, 4.69) is 11.9 Å². The van der Waals surface area contributed by atoms with Crippen LogP contribution in [0, 0.1) is 5.92 Å². The number of pyridine rings is 1. The maximum atomic E-state index is 12.6. The molecule has 0 N–H and O–H groups in total. The number of fused-ring (bicyclic) bond motifs is 1. The highest BCUT2D eigenvalue weighted by Gasteiger charge is 2.24. The average Bonchev–Trinajstić information content (AvgIpc) is 2.54. The summed E-state index contributed by atoms with van der Waals surface area (Å²) in [6.07, 6.45) is 3.37. The van der Waals surface area contributed by atoms with E-state index in [1.54, 1.807) is 6.07 Å². The Bertz CT molecular complexity index is 663. The van der Waals surface area contributed by atoms with Crippen molar-refractivity contribution >= 4 is 28.4 Å². The van der Waals surface area contributed by atoms with Crippen molar-refractivity contribution in [3.63, 3.8) is 0 Å². The number of hydrogen-bond acceptors (Lipinski definition) is 2. The number of likely N-dealkylation sites (tertiary alicyclic amines) is 1. The van der Waals surface area contributed by atoms with Gasteiger partial charge in [0, 0.05) is 18.5 Å². The monoisotopic (exact) mass is 302 g/mol. The van der Waals surface area contributed by atoms with E-state index in [1.165, 1.54) is 6.42 Å². The van der Waals surface area contributed by atoms with Gasteiger partial charge in [-0.1, -0.05) is 43.1 Å². The summed E-state index contributed by atoms with van der Waals surface area (Å²) in [6, 6.07) is 9.34. The van der Waals surface area contributed by atoms with Crippen molar-refractivity contribution in [2.24, 2.45) is 5.92 Å². The van der Waals surface area contributed by atoms with Crippen LogP contribution in [0.5, 0.6) is 0 Å². The van der Waals surface area contributed by atoms with Crippen LogP contribution in [0.3, 0.4) is 0 Å². The Balaban J connectivity index is 1.85. The molecule has 2 heterocycles. The smallest absolute Gasteiger partial charge is 0.272 e. The van der Waals surface area contributed by atoms with Gasteiger partial charge in [0.15, 0.2) is 0 Å². The van der Waals surface area contributed by atoms with E-state index in [0.29, 0.717) is 10.7 Å². The summed E-state index contributed by atoms with van der Waals surface area (Å²) in [5, 5.41) is 1.48. The molecule has 110 valence electrons. The minimum Gasteiger partial charge on any atom is -0.337 e. The highest BCUT2D eigenvalue weighted by molar-refractivity contribution is 6.35. The minimum absolute atomic E-state index is 0.00259. The molecule has 1 aromatic carbocycles. The van der Waals surface area contributed by atoms with Crippen molar-refractivity contribution in [2.75, 3.05) is 13.1 Å². The van der Waals surface area contributed by atoms with Crippen LogP contribution in [0.4, 0.5) is 0 Å². The maximum absolute atomic E-state index is 12.6. The third kappa shape index (κ3) is 2.88. The van der Waals surface area contributed by atoms with Gasteiger partial charge in [-0.15, -0.1) is 0 Å². The lowest BCUT2D eigenvalue weighted by atomic mass is 9.94. The van der Waals surface area contributed by atoms with Gasteiger partial charge in [0.2, 0.25) is 0 Å². The van der Waals surface area contributed by atoms with Gasteiger partial charge in [-0.2, -0.15) is 0 Å². The van der Waals surface area contributed by atoms with Crippen molar-refractivity contribution in [3.8, 4) is 0 Å². The molecular weight excluding hydrogens is 284 g/mol. The van der Waals surface area contributed by atoms with Crippen LogP contribution < -0.4 is 0 Å². The second-order valence-electron chi connectivity index (χ2n) is 5.65. The van der Waals surface area contributed by atoms with E-state index in [0.717, 1.165) is 42.8 Å². The number of rotatable bonds is 2. The van der Waals surface area contributed by atoms with Crippen molar-refractivity contribution in [3.05, 3.63) is 41.0 Å². The Morgan fingerprint density at radius 3 is 2.76 bits per heavy atom.